The van der Waals surface area contributed by atoms with Gasteiger partial charge in [-0.2, -0.15) is 0 Å². The standard InChI is InChI=1S/C11H18O3/c1-5-7-8-9-13-11(3,4)14-10(12)6-2/h5-6H,1-2,7-9H2,3-4H3. The first-order valence-corrected chi connectivity index (χ1v) is 4.62. The lowest BCUT2D eigenvalue weighted by atomic mass is 10.3. The van der Waals surface area contributed by atoms with Crippen molar-refractivity contribution < 1.29 is 14.3 Å². The van der Waals surface area contributed by atoms with Crippen LogP contribution < -0.4 is 0 Å². The van der Waals surface area contributed by atoms with Gasteiger partial charge in [0.2, 0.25) is 5.79 Å². The lowest BCUT2D eigenvalue weighted by molar-refractivity contribution is -0.211. The van der Waals surface area contributed by atoms with Crippen molar-refractivity contribution in [3.05, 3.63) is 25.3 Å². The number of unbranched alkanes of at least 4 members (excludes halogenated alkanes) is 1. The van der Waals surface area contributed by atoms with Crippen molar-refractivity contribution >= 4 is 5.97 Å². The van der Waals surface area contributed by atoms with Crippen molar-refractivity contribution in [2.45, 2.75) is 32.5 Å². The molecule has 0 heterocycles. The largest absolute Gasteiger partial charge is 0.431 e. The fourth-order valence-electron chi connectivity index (χ4n) is 0.859. The van der Waals surface area contributed by atoms with Gasteiger partial charge in [-0.05, 0) is 12.8 Å². The molecule has 0 N–H and O–H groups in total. The quantitative estimate of drug-likeness (QED) is 0.207. The second kappa shape index (κ2) is 6.38. The normalized spacial score (nSPS) is 10.7. The first-order valence-electron chi connectivity index (χ1n) is 4.62. The van der Waals surface area contributed by atoms with Crippen molar-refractivity contribution in [2.24, 2.45) is 0 Å². The van der Waals surface area contributed by atoms with E-state index in [0.29, 0.717) is 6.61 Å². The zero-order chi connectivity index (χ0) is 11.0. The summed E-state index contributed by atoms with van der Waals surface area (Å²) in [6.07, 6.45) is 4.71. The van der Waals surface area contributed by atoms with Gasteiger partial charge in [0.05, 0.1) is 6.61 Å². The predicted octanol–water partition coefficient (Wildman–Crippen LogP) is 2.43. The Morgan fingerprint density at radius 1 is 1.43 bits per heavy atom. The van der Waals surface area contributed by atoms with Crippen molar-refractivity contribution in [3.63, 3.8) is 0 Å². The highest BCUT2D eigenvalue weighted by molar-refractivity contribution is 5.81. The van der Waals surface area contributed by atoms with Gasteiger partial charge in [-0.3, -0.25) is 0 Å². The third-order valence-corrected chi connectivity index (χ3v) is 1.52. The average molecular weight is 198 g/mol. The molecule has 0 aliphatic rings. The third kappa shape index (κ3) is 6.43. The maximum atomic E-state index is 10.9. The van der Waals surface area contributed by atoms with Crippen LogP contribution in [0.15, 0.2) is 25.3 Å². The summed E-state index contributed by atoms with van der Waals surface area (Å²) in [5, 5.41) is 0. The molecular weight excluding hydrogens is 180 g/mol. The molecule has 0 rings (SSSR count). The van der Waals surface area contributed by atoms with Crippen molar-refractivity contribution in [1.82, 2.24) is 0 Å². The van der Waals surface area contributed by atoms with Crippen LogP contribution in [0.1, 0.15) is 26.7 Å². The minimum Gasteiger partial charge on any atom is -0.431 e. The van der Waals surface area contributed by atoms with Crippen LogP contribution in [0.2, 0.25) is 0 Å². The zero-order valence-electron chi connectivity index (χ0n) is 8.91. The second-order valence-electron chi connectivity index (χ2n) is 3.30. The van der Waals surface area contributed by atoms with Gasteiger partial charge >= 0.3 is 5.97 Å². The molecule has 0 saturated heterocycles. The topological polar surface area (TPSA) is 35.5 Å². The number of rotatable bonds is 7. The molecule has 0 amide bonds. The summed E-state index contributed by atoms with van der Waals surface area (Å²) in [7, 11) is 0. The number of allylic oxidation sites excluding steroid dienone is 1. The summed E-state index contributed by atoms with van der Waals surface area (Å²) >= 11 is 0. The Morgan fingerprint density at radius 3 is 2.57 bits per heavy atom. The first kappa shape index (κ1) is 12.9. The highest BCUT2D eigenvalue weighted by Gasteiger charge is 2.21. The van der Waals surface area contributed by atoms with Gasteiger partial charge in [0.15, 0.2) is 0 Å². The monoisotopic (exact) mass is 198 g/mol. The second-order valence-corrected chi connectivity index (χ2v) is 3.30. The van der Waals surface area contributed by atoms with Gasteiger partial charge < -0.3 is 9.47 Å². The van der Waals surface area contributed by atoms with Crippen molar-refractivity contribution in [1.29, 1.82) is 0 Å². The summed E-state index contributed by atoms with van der Waals surface area (Å²) in [5.74, 6) is -1.36. The van der Waals surface area contributed by atoms with Crippen LogP contribution in [0.4, 0.5) is 0 Å². The molecular formula is C11H18O3. The summed E-state index contributed by atoms with van der Waals surface area (Å²) in [6, 6.07) is 0. The molecule has 0 aromatic heterocycles. The summed E-state index contributed by atoms with van der Waals surface area (Å²) in [6.45, 7) is 10.9. The molecule has 3 heteroatoms. The van der Waals surface area contributed by atoms with Gasteiger partial charge in [-0.15, -0.1) is 6.58 Å². The molecule has 0 aromatic rings. The molecule has 3 nitrogen and oxygen atoms in total. The summed E-state index contributed by atoms with van der Waals surface area (Å²) in [5.41, 5.74) is 0. The Labute approximate surface area is 85.4 Å². The number of hydrogen-bond donors (Lipinski definition) is 0. The van der Waals surface area contributed by atoms with Crippen LogP contribution in [0.5, 0.6) is 0 Å². The molecule has 0 radical (unpaired) electrons. The Balaban J connectivity index is 3.76. The first-order chi connectivity index (χ1) is 6.52. The minimum atomic E-state index is -0.882. The molecule has 0 unspecified atom stereocenters. The zero-order valence-corrected chi connectivity index (χ0v) is 8.91. The number of carbonyl (C=O) groups is 1. The number of esters is 1. The third-order valence-electron chi connectivity index (χ3n) is 1.52. The molecule has 0 bridgehead atoms. The van der Waals surface area contributed by atoms with E-state index in [-0.39, 0.29) is 0 Å². The maximum Gasteiger partial charge on any atom is 0.332 e. The molecule has 0 spiro atoms. The Kier molecular flexibility index (Phi) is 5.88. The smallest absolute Gasteiger partial charge is 0.332 e. The lowest BCUT2D eigenvalue weighted by Crippen LogP contribution is -2.31. The number of carbonyl (C=O) groups excluding carboxylic acids is 1. The Hall–Kier alpha value is -1.09. The molecule has 0 atom stereocenters. The van der Waals surface area contributed by atoms with Crippen LogP contribution in [-0.2, 0) is 14.3 Å². The maximum absolute atomic E-state index is 10.9. The van der Waals surface area contributed by atoms with Crippen LogP contribution in [0.25, 0.3) is 0 Å². The van der Waals surface area contributed by atoms with Gasteiger partial charge in [-0.25, -0.2) is 4.79 Å². The molecule has 0 fully saturated rings. The van der Waals surface area contributed by atoms with Crippen molar-refractivity contribution in [2.75, 3.05) is 6.61 Å². The highest BCUT2D eigenvalue weighted by Crippen LogP contribution is 2.12. The van der Waals surface area contributed by atoms with Crippen molar-refractivity contribution in [3.8, 4) is 0 Å². The van der Waals surface area contributed by atoms with E-state index < -0.39 is 11.8 Å². The predicted molar refractivity (Wildman–Crippen MR) is 55.8 cm³/mol. The fourth-order valence-corrected chi connectivity index (χ4v) is 0.859. The van der Waals surface area contributed by atoms with Crippen LogP contribution in [-0.4, -0.2) is 18.4 Å². The van der Waals surface area contributed by atoms with E-state index in [0.717, 1.165) is 18.9 Å². The Bertz CT molecular complexity index is 207. The fraction of sp³-hybridized carbons (Fsp3) is 0.545. The van der Waals surface area contributed by atoms with E-state index >= 15 is 0 Å². The number of ether oxygens (including phenoxy) is 2. The molecule has 80 valence electrons. The molecule has 0 aliphatic heterocycles. The van der Waals surface area contributed by atoms with E-state index in [1.54, 1.807) is 13.8 Å². The molecule has 0 aliphatic carbocycles. The van der Waals surface area contributed by atoms with Gasteiger partial charge in [0, 0.05) is 19.9 Å². The Morgan fingerprint density at radius 2 is 2.07 bits per heavy atom. The van der Waals surface area contributed by atoms with Crippen LogP contribution in [0.3, 0.4) is 0 Å². The minimum absolute atomic E-state index is 0.473. The lowest BCUT2D eigenvalue weighted by Gasteiger charge is -2.24. The summed E-state index contributed by atoms with van der Waals surface area (Å²) < 4.78 is 10.3. The van der Waals surface area contributed by atoms with Gasteiger partial charge in [0.25, 0.3) is 0 Å². The molecule has 0 aromatic carbocycles. The van der Waals surface area contributed by atoms with Gasteiger partial charge in [-0.1, -0.05) is 12.7 Å². The average Bonchev–Trinajstić information content (AvgIpc) is 2.12. The van der Waals surface area contributed by atoms with Crippen LogP contribution >= 0.6 is 0 Å². The van der Waals surface area contributed by atoms with E-state index in [2.05, 4.69) is 13.2 Å². The van der Waals surface area contributed by atoms with E-state index in [9.17, 15) is 4.79 Å². The van der Waals surface area contributed by atoms with E-state index in [1.807, 2.05) is 6.08 Å². The van der Waals surface area contributed by atoms with E-state index in [1.165, 1.54) is 0 Å². The molecule has 14 heavy (non-hydrogen) atoms. The number of hydrogen-bond acceptors (Lipinski definition) is 3. The highest BCUT2D eigenvalue weighted by atomic mass is 16.7. The van der Waals surface area contributed by atoms with Crippen LogP contribution in [0, 0.1) is 0 Å². The van der Waals surface area contributed by atoms with E-state index in [4.69, 9.17) is 9.47 Å². The summed E-state index contributed by atoms with van der Waals surface area (Å²) in [4.78, 5) is 10.9. The molecule has 0 saturated carbocycles. The SMILES string of the molecule is C=CCCCOC(C)(C)OC(=O)C=C. The van der Waals surface area contributed by atoms with Gasteiger partial charge in [0.1, 0.15) is 0 Å².